The normalized spacial score (nSPS) is 11.5. The molecule has 0 aliphatic heterocycles. The van der Waals surface area contributed by atoms with Gasteiger partial charge in [0.1, 0.15) is 11.8 Å². The Kier molecular flexibility index (Phi) is 5.61. The number of terminal acetylenes is 1. The van der Waals surface area contributed by atoms with Gasteiger partial charge in [-0.05, 0) is 31.2 Å². The lowest BCUT2D eigenvalue weighted by Gasteiger charge is -2.14. The van der Waals surface area contributed by atoms with Gasteiger partial charge in [0.25, 0.3) is 0 Å². The molecule has 4 nitrogen and oxygen atoms in total. The van der Waals surface area contributed by atoms with E-state index in [2.05, 4.69) is 21.3 Å². The molecule has 0 aliphatic carbocycles. The van der Waals surface area contributed by atoms with Gasteiger partial charge in [-0.3, -0.25) is 4.79 Å². The number of halogens is 2. The molecule has 0 spiro atoms. The summed E-state index contributed by atoms with van der Waals surface area (Å²) in [5.41, 5.74) is 0.616. The second-order valence-corrected chi connectivity index (χ2v) is 3.69. The first-order chi connectivity index (χ1) is 9.02. The minimum Gasteiger partial charge on any atom is -0.435 e. The molecule has 1 aromatic carbocycles. The van der Waals surface area contributed by atoms with Crippen molar-refractivity contribution >= 4 is 11.6 Å². The Morgan fingerprint density at radius 3 is 2.58 bits per heavy atom. The molecule has 0 aliphatic rings. The number of carbonyl (C=O) groups is 1. The number of benzene rings is 1. The van der Waals surface area contributed by atoms with Crippen LogP contribution in [0.3, 0.4) is 0 Å². The van der Waals surface area contributed by atoms with Crippen molar-refractivity contribution in [3.8, 4) is 18.1 Å². The first-order valence-electron chi connectivity index (χ1n) is 5.55. The lowest BCUT2D eigenvalue weighted by molar-refractivity contribution is -0.121. The fourth-order valence-corrected chi connectivity index (χ4v) is 1.34. The highest BCUT2D eigenvalue weighted by Crippen LogP contribution is 2.18. The average Bonchev–Trinajstić information content (AvgIpc) is 2.37. The van der Waals surface area contributed by atoms with Gasteiger partial charge in [-0.2, -0.15) is 8.78 Å². The Morgan fingerprint density at radius 2 is 2.05 bits per heavy atom. The number of ether oxygens (including phenoxy) is 1. The van der Waals surface area contributed by atoms with Crippen LogP contribution in [0.15, 0.2) is 24.3 Å². The highest BCUT2D eigenvalue weighted by atomic mass is 19.3. The molecule has 6 heteroatoms. The van der Waals surface area contributed by atoms with Gasteiger partial charge >= 0.3 is 6.61 Å². The van der Waals surface area contributed by atoms with Crippen LogP contribution in [0.25, 0.3) is 0 Å². The Labute approximate surface area is 110 Å². The predicted octanol–water partition coefficient (Wildman–Crippen LogP) is 1.84. The van der Waals surface area contributed by atoms with E-state index in [1.165, 1.54) is 12.1 Å². The Morgan fingerprint density at radius 1 is 1.42 bits per heavy atom. The Hall–Kier alpha value is -2.29. The zero-order valence-electron chi connectivity index (χ0n) is 10.3. The van der Waals surface area contributed by atoms with E-state index in [0.717, 1.165) is 0 Å². The van der Waals surface area contributed by atoms with Gasteiger partial charge in [-0.1, -0.05) is 5.92 Å². The standard InChI is InChI=1S/C13H14F2N2O2/c1-3-8-16-12(18)9(2)17-10-4-6-11(7-5-10)19-13(14)15/h1,4-7,9,13,17H,8H2,2H3,(H,16,18). The number of amides is 1. The molecule has 0 fully saturated rings. The van der Waals surface area contributed by atoms with Crippen LogP contribution < -0.4 is 15.4 Å². The third kappa shape index (κ3) is 5.25. The predicted molar refractivity (Wildman–Crippen MR) is 68.0 cm³/mol. The number of alkyl halides is 2. The zero-order chi connectivity index (χ0) is 14.3. The molecule has 19 heavy (non-hydrogen) atoms. The van der Waals surface area contributed by atoms with Crippen LogP contribution in [0.5, 0.6) is 5.75 Å². The number of carbonyl (C=O) groups excluding carboxylic acids is 1. The molecule has 0 aromatic heterocycles. The smallest absolute Gasteiger partial charge is 0.387 e. The van der Waals surface area contributed by atoms with Crippen LogP contribution in [0.2, 0.25) is 0 Å². The highest BCUT2D eigenvalue weighted by Gasteiger charge is 2.11. The summed E-state index contributed by atoms with van der Waals surface area (Å²) < 4.78 is 28.1. The Bertz CT molecular complexity index is 455. The topological polar surface area (TPSA) is 50.4 Å². The van der Waals surface area contributed by atoms with E-state index in [9.17, 15) is 13.6 Å². The van der Waals surface area contributed by atoms with Gasteiger partial charge in [-0.15, -0.1) is 6.42 Å². The second kappa shape index (κ2) is 7.21. The quantitative estimate of drug-likeness (QED) is 0.774. The van der Waals surface area contributed by atoms with Crippen molar-refractivity contribution in [1.82, 2.24) is 5.32 Å². The number of anilines is 1. The second-order valence-electron chi connectivity index (χ2n) is 3.69. The monoisotopic (exact) mass is 268 g/mol. The molecule has 0 radical (unpaired) electrons. The molecule has 102 valence electrons. The van der Waals surface area contributed by atoms with Crippen LogP contribution in [0, 0.1) is 12.3 Å². The maximum absolute atomic E-state index is 11.9. The van der Waals surface area contributed by atoms with Gasteiger partial charge in [0.05, 0.1) is 6.54 Å². The number of nitrogens with one attached hydrogen (secondary N) is 2. The summed E-state index contributed by atoms with van der Waals surface area (Å²) >= 11 is 0. The van der Waals surface area contributed by atoms with Gasteiger partial charge < -0.3 is 15.4 Å². The van der Waals surface area contributed by atoms with Crippen molar-refractivity contribution in [3.63, 3.8) is 0 Å². The number of hydrogen-bond donors (Lipinski definition) is 2. The number of hydrogen-bond acceptors (Lipinski definition) is 3. The van der Waals surface area contributed by atoms with E-state index < -0.39 is 12.7 Å². The summed E-state index contributed by atoms with van der Waals surface area (Å²) in [4.78, 5) is 11.5. The molecule has 0 saturated heterocycles. The van der Waals surface area contributed by atoms with Crippen molar-refractivity contribution in [2.24, 2.45) is 0 Å². The third-order valence-electron chi connectivity index (χ3n) is 2.22. The summed E-state index contributed by atoms with van der Waals surface area (Å²) in [7, 11) is 0. The van der Waals surface area contributed by atoms with Crippen molar-refractivity contribution in [2.75, 3.05) is 11.9 Å². The molecule has 0 saturated carbocycles. The van der Waals surface area contributed by atoms with E-state index in [1.807, 2.05) is 0 Å². The minimum atomic E-state index is -2.85. The van der Waals surface area contributed by atoms with E-state index >= 15 is 0 Å². The maximum Gasteiger partial charge on any atom is 0.387 e. The summed E-state index contributed by atoms with van der Waals surface area (Å²) in [6.07, 6.45) is 5.03. The van der Waals surface area contributed by atoms with Crippen LogP contribution in [-0.4, -0.2) is 25.1 Å². The zero-order valence-corrected chi connectivity index (χ0v) is 10.3. The molecular weight excluding hydrogens is 254 g/mol. The summed E-state index contributed by atoms with van der Waals surface area (Å²) in [5.74, 6) is 2.11. The summed E-state index contributed by atoms with van der Waals surface area (Å²) in [6, 6.07) is 5.38. The molecule has 0 heterocycles. The fraction of sp³-hybridized carbons (Fsp3) is 0.308. The molecule has 1 atom stereocenters. The van der Waals surface area contributed by atoms with Crippen LogP contribution in [-0.2, 0) is 4.79 Å². The first kappa shape index (κ1) is 14.8. The molecule has 1 unspecified atom stereocenters. The van der Waals surface area contributed by atoms with Crippen molar-refractivity contribution in [3.05, 3.63) is 24.3 Å². The summed E-state index contributed by atoms with van der Waals surface area (Å²) in [5, 5.41) is 5.44. The third-order valence-corrected chi connectivity index (χ3v) is 2.22. The molecule has 1 aromatic rings. The molecule has 0 bridgehead atoms. The molecule has 2 N–H and O–H groups in total. The average molecular weight is 268 g/mol. The van der Waals surface area contributed by atoms with Gasteiger partial charge in [0.15, 0.2) is 0 Å². The summed E-state index contributed by atoms with van der Waals surface area (Å²) in [6.45, 7) is -1.03. The van der Waals surface area contributed by atoms with E-state index in [0.29, 0.717) is 5.69 Å². The lowest BCUT2D eigenvalue weighted by Crippen LogP contribution is -2.37. The lowest BCUT2D eigenvalue weighted by atomic mass is 10.2. The largest absolute Gasteiger partial charge is 0.435 e. The van der Waals surface area contributed by atoms with Crippen LogP contribution in [0.1, 0.15) is 6.92 Å². The van der Waals surface area contributed by atoms with E-state index in [4.69, 9.17) is 6.42 Å². The molecule has 1 amide bonds. The molecular formula is C13H14F2N2O2. The van der Waals surface area contributed by atoms with Crippen LogP contribution in [0.4, 0.5) is 14.5 Å². The Balaban J connectivity index is 2.53. The molecule has 1 rings (SSSR count). The number of rotatable bonds is 6. The fourth-order valence-electron chi connectivity index (χ4n) is 1.34. The van der Waals surface area contributed by atoms with Crippen LogP contribution >= 0.6 is 0 Å². The first-order valence-corrected chi connectivity index (χ1v) is 5.55. The van der Waals surface area contributed by atoms with Crippen molar-refractivity contribution in [1.29, 1.82) is 0 Å². The minimum absolute atomic E-state index is 0.0602. The van der Waals surface area contributed by atoms with E-state index in [1.54, 1.807) is 19.1 Å². The highest BCUT2D eigenvalue weighted by molar-refractivity contribution is 5.84. The van der Waals surface area contributed by atoms with Gasteiger partial charge in [-0.25, -0.2) is 0 Å². The van der Waals surface area contributed by atoms with E-state index in [-0.39, 0.29) is 18.2 Å². The SMILES string of the molecule is C#CCNC(=O)C(C)Nc1ccc(OC(F)F)cc1. The maximum atomic E-state index is 11.9. The van der Waals surface area contributed by atoms with Gasteiger partial charge in [0.2, 0.25) is 5.91 Å². The van der Waals surface area contributed by atoms with Crippen molar-refractivity contribution < 1.29 is 18.3 Å². The van der Waals surface area contributed by atoms with Crippen molar-refractivity contribution in [2.45, 2.75) is 19.6 Å². The van der Waals surface area contributed by atoms with Gasteiger partial charge in [0, 0.05) is 5.69 Å².